The minimum absolute atomic E-state index is 0.188. The van der Waals surface area contributed by atoms with Crippen molar-refractivity contribution in [3.05, 3.63) is 48.0 Å². The molecule has 0 spiro atoms. The van der Waals surface area contributed by atoms with E-state index in [1.54, 1.807) is 36.9 Å². The number of fused-ring (bicyclic) bond motifs is 3. The molecule has 0 bridgehead atoms. The van der Waals surface area contributed by atoms with Crippen molar-refractivity contribution < 1.29 is 19.0 Å². The lowest BCUT2D eigenvalue weighted by molar-refractivity contribution is -0.118. The van der Waals surface area contributed by atoms with Crippen molar-refractivity contribution in [2.75, 3.05) is 24.9 Å². The Balaban J connectivity index is 1.78. The largest absolute Gasteiger partial charge is 0.497 e. The van der Waals surface area contributed by atoms with Crippen molar-refractivity contribution >= 4 is 23.4 Å². The highest BCUT2D eigenvalue weighted by molar-refractivity contribution is 7.99. The first-order chi connectivity index (χ1) is 17.1. The number of ether oxygens (including phenoxy) is 3. The molecule has 1 amide bonds. The summed E-state index contributed by atoms with van der Waals surface area (Å²) in [6.07, 6.45) is 3.86. The number of thioether (sulfide) groups is 1. The van der Waals surface area contributed by atoms with Crippen LogP contribution < -0.4 is 19.1 Å². The lowest BCUT2D eigenvalue weighted by atomic mass is 10.1. The number of anilines is 1. The number of nitrogens with zero attached hydrogens (tertiary/aromatic N) is 4. The third-order valence-corrected chi connectivity index (χ3v) is 6.71. The van der Waals surface area contributed by atoms with Gasteiger partial charge in [-0.1, -0.05) is 56.1 Å². The Hall–Kier alpha value is -3.33. The molecule has 0 radical (unpaired) electrons. The molecular formula is C26H30N4O4S. The van der Waals surface area contributed by atoms with Crippen LogP contribution in [-0.2, 0) is 4.79 Å². The van der Waals surface area contributed by atoms with Crippen molar-refractivity contribution in [2.24, 2.45) is 0 Å². The number of carbonyl (C=O) groups excluding carboxylic acids is 1. The Labute approximate surface area is 210 Å². The van der Waals surface area contributed by atoms with Gasteiger partial charge in [-0.25, -0.2) is 0 Å². The van der Waals surface area contributed by atoms with Gasteiger partial charge in [0, 0.05) is 24.3 Å². The molecule has 184 valence electrons. The molecule has 35 heavy (non-hydrogen) atoms. The van der Waals surface area contributed by atoms with E-state index in [1.807, 2.05) is 36.4 Å². The lowest BCUT2D eigenvalue weighted by Crippen LogP contribution is -2.36. The highest BCUT2D eigenvalue weighted by Gasteiger charge is 2.36. The molecule has 0 aliphatic carbocycles. The van der Waals surface area contributed by atoms with Crippen LogP contribution in [-0.4, -0.2) is 41.1 Å². The average molecular weight is 495 g/mol. The maximum atomic E-state index is 13.0. The third kappa shape index (κ3) is 5.35. The first kappa shape index (κ1) is 24.8. The number of methoxy groups -OCH3 is 2. The van der Waals surface area contributed by atoms with Crippen molar-refractivity contribution in [3.8, 4) is 28.6 Å². The fourth-order valence-electron chi connectivity index (χ4n) is 4.03. The van der Waals surface area contributed by atoms with Gasteiger partial charge in [0.1, 0.15) is 11.5 Å². The fraction of sp³-hybridized carbons (Fsp3) is 0.385. The molecule has 3 aromatic rings. The quantitative estimate of drug-likeness (QED) is 0.278. The van der Waals surface area contributed by atoms with Gasteiger partial charge in [0.2, 0.25) is 23.2 Å². The van der Waals surface area contributed by atoms with Gasteiger partial charge in [-0.05, 0) is 24.6 Å². The van der Waals surface area contributed by atoms with Crippen LogP contribution in [0.25, 0.3) is 11.3 Å². The summed E-state index contributed by atoms with van der Waals surface area (Å²) in [6.45, 7) is 3.70. The molecule has 8 nitrogen and oxygen atoms in total. The first-order valence-electron chi connectivity index (χ1n) is 11.7. The molecule has 1 atom stereocenters. The Kier molecular flexibility index (Phi) is 8.07. The van der Waals surface area contributed by atoms with Crippen LogP contribution in [0.2, 0.25) is 0 Å². The van der Waals surface area contributed by atoms with E-state index in [4.69, 9.17) is 19.2 Å². The Morgan fingerprint density at radius 2 is 1.91 bits per heavy atom. The van der Waals surface area contributed by atoms with E-state index in [-0.39, 0.29) is 5.91 Å². The Bertz CT molecular complexity index is 1190. The monoisotopic (exact) mass is 494 g/mol. The van der Waals surface area contributed by atoms with Crippen molar-refractivity contribution in [2.45, 2.75) is 50.9 Å². The zero-order chi connectivity index (χ0) is 24.8. The molecule has 1 aliphatic rings. The van der Waals surface area contributed by atoms with E-state index in [0.717, 1.165) is 17.7 Å². The SMILES string of the molecule is CCCCCCSc1nnc2c(n1)O[C@H](c1ccc(OC)cc1OC)N(C(C)=O)c1ccccc1-2. The molecule has 0 saturated carbocycles. The predicted molar refractivity (Wildman–Crippen MR) is 136 cm³/mol. The van der Waals surface area contributed by atoms with Gasteiger partial charge in [-0.3, -0.25) is 9.69 Å². The summed E-state index contributed by atoms with van der Waals surface area (Å²) in [4.78, 5) is 19.3. The molecule has 1 aromatic heterocycles. The Morgan fingerprint density at radius 1 is 1.09 bits per heavy atom. The highest BCUT2D eigenvalue weighted by Crippen LogP contribution is 2.45. The molecule has 4 rings (SSSR count). The van der Waals surface area contributed by atoms with Gasteiger partial charge in [-0.15, -0.1) is 10.2 Å². The summed E-state index contributed by atoms with van der Waals surface area (Å²) in [5.41, 5.74) is 2.56. The second kappa shape index (κ2) is 11.4. The summed E-state index contributed by atoms with van der Waals surface area (Å²) >= 11 is 1.56. The highest BCUT2D eigenvalue weighted by atomic mass is 32.2. The number of unbranched alkanes of at least 4 members (excludes halogenated alkanes) is 3. The molecule has 9 heteroatoms. The normalized spacial score (nSPS) is 14.4. The van der Waals surface area contributed by atoms with E-state index in [1.165, 1.54) is 26.2 Å². The van der Waals surface area contributed by atoms with Crippen LogP contribution in [0, 0.1) is 0 Å². The second-order valence-corrected chi connectivity index (χ2v) is 9.20. The van der Waals surface area contributed by atoms with Crippen LogP contribution >= 0.6 is 11.8 Å². The second-order valence-electron chi connectivity index (χ2n) is 8.14. The minimum atomic E-state index is -0.824. The maximum absolute atomic E-state index is 13.0. The number of hydrogen-bond acceptors (Lipinski definition) is 8. The van der Waals surface area contributed by atoms with Crippen molar-refractivity contribution in [3.63, 3.8) is 0 Å². The fourth-order valence-corrected chi connectivity index (χ4v) is 4.81. The molecule has 0 unspecified atom stereocenters. The van der Waals surface area contributed by atoms with Gasteiger partial charge in [-0.2, -0.15) is 4.98 Å². The van der Waals surface area contributed by atoms with Crippen LogP contribution in [0.3, 0.4) is 0 Å². The average Bonchev–Trinajstić information content (AvgIpc) is 3.02. The third-order valence-electron chi connectivity index (χ3n) is 5.79. The molecule has 2 aromatic carbocycles. The predicted octanol–water partition coefficient (Wildman–Crippen LogP) is 5.67. The maximum Gasteiger partial charge on any atom is 0.247 e. The molecule has 1 aliphatic heterocycles. The molecule has 2 heterocycles. The van der Waals surface area contributed by atoms with Gasteiger partial charge < -0.3 is 14.2 Å². The smallest absolute Gasteiger partial charge is 0.247 e. The summed E-state index contributed by atoms with van der Waals surface area (Å²) in [6, 6.07) is 13.0. The molecule has 0 fully saturated rings. The number of benzene rings is 2. The van der Waals surface area contributed by atoms with Gasteiger partial charge in [0.05, 0.1) is 25.5 Å². The number of carbonyl (C=O) groups is 1. The van der Waals surface area contributed by atoms with E-state index < -0.39 is 6.23 Å². The lowest BCUT2D eigenvalue weighted by Gasteiger charge is -2.30. The standard InChI is InChI=1S/C26H30N4O4S/c1-5-6-7-10-15-35-26-27-24-23(28-29-26)19-11-8-9-12-21(19)30(17(2)31)25(34-24)20-14-13-18(32-3)16-22(20)33-4/h8-9,11-14,16,25H,5-7,10,15H2,1-4H3/t25-/m1/s1. The Morgan fingerprint density at radius 3 is 2.66 bits per heavy atom. The van der Waals surface area contributed by atoms with Crippen LogP contribution in [0.15, 0.2) is 47.6 Å². The summed E-state index contributed by atoms with van der Waals surface area (Å²) in [5.74, 6) is 2.22. The summed E-state index contributed by atoms with van der Waals surface area (Å²) < 4.78 is 17.5. The molecule has 0 saturated heterocycles. The number of aromatic nitrogens is 3. The molecule has 0 N–H and O–H groups in total. The van der Waals surface area contributed by atoms with E-state index in [9.17, 15) is 4.79 Å². The minimum Gasteiger partial charge on any atom is -0.497 e. The zero-order valence-corrected chi connectivity index (χ0v) is 21.3. The van der Waals surface area contributed by atoms with Crippen molar-refractivity contribution in [1.29, 1.82) is 0 Å². The van der Waals surface area contributed by atoms with Crippen LogP contribution in [0.4, 0.5) is 5.69 Å². The zero-order valence-electron chi connectivity index (χ0n) is 20.5. The van der Waals surface area contributed by atoms with Gasteiger partial charge in [0.15, 0.2) is 5.69 Å². The number of rotatable bonds is 9. The number of para-hydroxylation sites is 1. The van der Waals surface area contributed by atoms with Crippen molar-refractivity contribution in [1.82, 2.24) is 15.2 Å². The first-order valence-corrected chi connectivity index (χ1v) is 12.7. The number of hydrogen-bond donors (Lipinski definition) is 0. The van der Waals surface area contributed by atoms with E-state index >= 15 is 0 Å². The topological polar surface area (TPSA) is 86.7 Å². The van der Waals surface area contributed by atoms with E-state index in [0.29, 0.717) is 39.5 Å². The van der Waals surface area contributed by atoms with Gasteiger partial charge >= 0.3 is 0 Å². The van der Waals surface area contributed by atoms with Gasteiger partial charge in [0.25, 0.3) is 0 Å². The summed E-state index contributed by atoms with van der Waals surface area (Å²) in [5, 5.41) is 9.38. The molecular weight excluding hydrogens is 464 g/mol. The number of amides is 1. The summed E-state index contributed by atoms with van der Waals surface area (Å²) in [7, 11) is 3.17. The van der Waals surface area contributed by atoms with Crippen LogP contribution in [0.5, 0.6) is 17.4 Å². The van der Waals surface area contributed by atoms with Crippen LogP contribution in [0.1, 0.15) is 51.3 Å². The van der Waals surface area contributed by atoms with E-state index in [2.05, 4.69) is 17.1 Å².